The Morgan fingerprint density at radius 3 is 3.00 bits per heavy atom. The smallest absolute Gasteiger partial charge is 0.170 e. The van der Waals surface area contributed by atoms with Crippen LogP contribution >= 0.6 is 11.8 Å². The average molecular weight is 258 g/mol. The summed E-state index contributed by atoms with van der Waals surface area (Å²) in [5, 5.41) is 11.5. The summed E-state index contributed by atoms with van der Waals surface area (Å²) in [5.74, 6) is 1.02. The molecule has 0 atom stereocenters. The Morgan fingerprint density at radius 1 is 1.59 bits per heavy atom. The van der Waals surface area contributed by atoms with Gasteiger partial charge in [-0.1, -0.05) is 11.2 Å². The molecule has 1 aromatic carbocycles. The maximum atomic E-state index is 13.1. The van der Waals surface area contributed by atoms with Gasteiger partial charge in [-0.25, -0.2) is 4.39 Å². The van der Waals surface area contributed by atoms with Gasteiger partial charge in [0.2, 0.25) is 0 Å². The van der Waals surface area contributed by atoms with Gasteiger partial charge in [0.05, 0.1) is 6.61 Å². The highest BCUT2D eigenvalue weighted by Gasteiger charge is 2.08. The van der Waals surface area contributed by atoms with Crippen LogP contribution in [0, 0.1) is 5.82 Å². The quantitative estimate of drug-likeness (QED) is 0.268. The average Bonchev–Trinajstić information content (AvgIpc) is 2.35. The van der Waals surface area contributed by atoms with E-state index in [1.54, 1.807) is 24.9 Å². The molecular weight excluding hydrogens is 243 g/mol. The van der Waals surface area contributed by atoms with Crippen LogP contribution in [0.4, 0.5) is 4.39 Å². The van der Waals surface area contributed by atoms with Gasteiger partial charge in [-0.05, 0) is 17.7 Å². The van der Waals surface area contributed by atoms with Crippen LogP contribution in [-0.4, -0.2) is 30.5 Å². The number of nitrogens with zero attached hydrogens (tertiary/aromatic N) is 1. The van der Waals surface area contributed by atoms with Gasteiger partial charge in [-0.3, -0.25) is 0 Å². The molecule has 6 heteroatoms. The first-order chi connectivity index (χ1) is 8.19. The van der Waals surface area contributed by atoms with Gasteiger partial charge >= 0.3 is 0 Å². The first kappa shape index (κ1) is 13.8. The maximum Gasteiger partial charge on any atom is 0.170 e. The van der Waals surface area contributed by atoms with E-state index in [0.29, 0.717) is 17.9 Å². The van der Waals surface area contributed by atoms with Crippen molar-refractivity contribution in [2.45, 2.75) is 5.75 Å². The fourth-order valence-electron chi connectivity index (χ4n) is 1.29. The molecule has 3 N–H and O–H groups in total. The number of rotatable bonds is 6. The highest BCUT2D eigenvalue weighted by atomic mass is 32.2. The van der Waals surface area contributed by atoms with E-state index in [9.17, 15) is 4.39 Å². The molecule has 1 rings (SSSR count). The van der Waals surface area contributed by atoms with Gasteiger partial charge in [0.25, 0.3) is 0 Å². The number of ether oxygens (including phenoxy) is 1. The number of hydrogen-bond donors (Lipinski definition) is 2. The molecule has 0 radical (unpaired) electrons. The fraction of sp³-hybridized carbons (Fsp3) is 0.364. The van der Waals surface area contributed by atoms with E-state index < -0.39 is 5.82 Å². The van der Waals surface area contributed by atoms with Crippen molar-refractivity contribution >= 4 is 17.6 Å². The summed E-state index contributed by atoms with van der Waals surface area (Å²) in [6, 6.07) is 4.27. The zero-order valence-electron chi connectivity index (χ0n) is 9.52. The number of nitrogens with two attached hydrogens (primary N) is 1. The zero-order valence-corrected chi connectivity index (χ0v) is 10.3. The molecule has 0 spiro atoms. The van der Waals surface area contributed by atoms with Crippen molar-refractivity contribution in [2.24, 2.45) is 10.9 Å². The lowest BCUT2D eigenvalue weighted by atomic mass is 10.1. The van der Waals surface area contributed by atoms with Gasteiger partial charge in [-0.2, -0.15) is 11.8 Å². The second kappa shape index (κ2) is 7.13. The van der Waals surface area contributed by atoms with Crippen LogP contribution in [0.3, 0.4) is 0 Å². The normalized spacial score (nSPS) is 11.8. The van der Waals surface area contributed by atoms with Crippen LogP contribution in [0.5, 0.6) is 0 Å². The maximum absolute atomic E-state index is 13.1. The molecule has 0 aliphatic rings. The number of benzene rings is 1. The van der Waals surface area contributed by atoms with Gasteiger partial charge in [-0.15, -0.1) is 0 Å². The lowest BCUT2D eigenvalue weighted by Crippen LogP contribution is -2.15. The van der Waals surface area contributed by atoms with Crippen molar-refractivity contribution in [1.29, 1.82) is 0 Å². The summed E-state index contributed by atoms with van der Waals surface area (Å²) < 4.78 is 18.0. The van der Waals surface area contributed by atoms with Crippen molar-refractivity contribution < 1.29 is 14.3 Å². The van der Waals surface area contributed by atoms with Crippen molar-refractivity contribution in [3.63, 3.8) is 0 Å². The van der Waals surface area contributed by atoms with Crippen LogP contribution in [0.15, 0.2) is 23.4 Å². The number of methoxy groups -OCH3 is 1. The summed E-state index contributed by atoms with van der Waals surface area (Å²) in [5.41, 5.74) is 6.76. The molecule has 0 aromatic heterocycles. The van der Waals surface area contributed by atoms with Gasteiger partial charge in [0.15, 0.2) is 5.84 Å². The topological polar surface area (TPSA) is 67.8 Å². The summed E-state index contributed by atoms with van der Waals surface area (Å²) >= 11 is 1.64. The Balaban J connectivity index is 2.76. The molecule has 0 aliphatic heterocycles. The summed E-state index contributed by atoms with van der Waals surface area (Å²) in [6.07, 6.45) is 0. The highest BCUT2D eigenvalue weighted by Crippen LogP contribution is 2.18. The van der Waals surface area contributed by atoms with Crippen LogP contribution < -0.4 is 5.73 Å². The molecule has 0 saturated carbocycles. The van der Waals surface area contributed by atoms with Crippen LogP contribution in [0.25, 0.3) is 0 Å². The third-order valence-corrected chi connectivity index (χ3v) is 3.12. The Labute approximate surface area is 104 Å². The van der Waals surface area contributed by atoms with E-state index in [1.165, 1.54) is 12.1 Å². The van der Waals surface area contributed by atoms with Crippen LogP contribution in [-0.2, 0) is 10.5 Å². The number of oxime groups is 1. The molecule has 94 valence electrons. The van der Waals surface area contributed by atoms with Gasteiger partial charge in [0.1, 0.15) is 5.82 Å². The summed E-state index contributed by atoms with van der Waals surface area (Å²) in [7, 11) is 1.64. The molecule has 0 aliphatic carbocycles. The Bertz CT molecular complexity index is 399. The second-order valence-electron chi connectivity index (χ2n) is 3.33. The minimum atomic E-state index is -0.405. The Kier molecular flexibility index (Phi) is 5.79. The first-order valence-corrected chi connectivity index (χ1v) is 6.17. The number of halogens is 1. The predicted octanol–water partition coefficient (Wildman–Crippen LogP) is 1.80. The third kappa shape index (κ3) is 4.24. The first-order valence-electron chi connectivity index (χ1n) is 5.02. The highest BCUT2D eigenvalue weighted by molar-refractivity contribution is 7.98. The van der Waals surface area contributed by atoms with E-state index in [-0.39, 0.29) is 5.84 Å². The Hall–Kier alpha value is -1.27. The molecule has 4 nitrogen and oxygen atoms in total. The predicted molar refractivity (Wildman–Crippen MR) is 66.9 cm³/mol. The second-order valence-corrected chi connectivity index (χ2v) is 4.44. The van der Waals surface area contributed by atoms with Crippen molar-refractivity contribution in [3.05, 3.63) is 35.1 Å². The molecule has 0 amide bonds. The minimum absolute atomic E-state index is 0.0770. The van der Waals surface area contributed by atoms with E-state index in [1.807, 2.05) is 0 Å². The van der Waals surface area contributed by atoms with Gasteiger partial charge in [0, 0.05) is 24.2 Å². The summed E-state index contributed by atoms with van der Waals surface area (Å²) in [6.45, 7) is 0.658. The third-order valence-electron chi connectivity index (χ3n) is 2.14. The van der Waals surface area contributed by atoms with E-state index in [4.69, 9.17) is 15.7 Å². The zero-order chi connectivity index (χ0) is 12.7. The van der Waals surface area contributed by atoms with Crippen LogP contribution in [0.2, 0.25) is 0 Å². The summed E-state index contributed by atoms with van der Waals surface area (Å²) in [4.78, 5) is 0. The molecule has 0 unspecified atom stereocenters. The minimum Gasteiger partial charge on any atom is -0.409 e. The van der Waals surface area contributed by atoms with Crippen molar-refractivity contribution in [1.82, 2.24) is 0 Å². The molecule has 1 aromatic rings. The molecule has 17 heavy (non-hydrogen) atoms. The lowest BCUT2D eigenvalue weighted by molar-refractivity contribution is 0.218. The van der Waals surface area contributed by atoms with Crippen molar-refractivity contribution in [2.75, 3.05) is 19.5 Å². The SMILES string of the molecule is COCCSCc1ccc(F)cc1C(N)=NO. The number of hydrogen-bond acceptors (Lipinski definition) is 4. The van der Waals surface area contributed by atoms with Gasteiger partial charge < -0.3 is 15.7 Å². The van der Waals surface area contributed by atoms with E-state index in [0.717, 1.165) is 11.3 Å². The van der Waals surface area contributed by atoms with Crippen LogP contribution in [0.1, 0.15) is 11.1 Å². The lowest BCUT2D eigenvalue weighted by Gasteiger charge is -2.08. The standard InChI is InChI=1S/C11H15FN2O2S/c1-16-4-5-17-7-8-2-3-9(12)6-10(8)11(13)14-15/h2-3,6,15H,4-5,7H2,1H3,(H2,13,14). The molecular formula is C11H15FN2O2S. The largest absolute Gasteiger partial charge is 0.409 e. The van der Waals surface area contributed by atoms with E-state index in [2.05, 4.69) is 5.16 Å². The Morgan fingerprint density at radius 2 is 2.35 bits per heavy atom. The monoisotopic (exact) mass is 258 g/mol. The fourth-order valence-corrected chi connectivity index (χ4v) is 2.19. The number of thioether (sulfide) groups is 1. The van der Waals surface area contributed by atoms with E-state index >= 15 is 0 Å². The molecule has 0 fully saturated rings. The molecule has 0 saturated heterocycles. The molecule has 0 bridgehead atoms. The molecule has 0 heterocycles. The van der Waals surface area contributed by atoms with Crippen molar-refractivity contribution in [3.8, 4) is 0 Å². The number of amidine groups is 1.